The van der Waals surface area contributed by atoms with Crippen LogP contribution in [0, 0.1) is 11.8 Å². The summed E-state index contributed by atoms with van der Waals surface area (Å²) in [5.74, 6) is 5.33. The van der Waals surface area contributed by atoms with Crippen molar-refractivity contribution < 1.29 is 9.53 Å². The van der Waals surface area contributed by atoms with Crippen LogP contribution >= 0.6 is 11.5 Å². The summed E-state index contributed by atoms with van der Waals surface area (Å²) in [5.41, 5.74) is 1.16. The summed E-state index contributed by atoms with van der Waals surface area (Å²) >= 11 is 1.18. The van der Waals surface area contributed by atoms with Crippen molar-refractivity contribution in [3.05, 3.63) is 36.0 Å². The van der Waals surface area contributed by atoms with Gasteiger partial charge in [0.15, 0.2) is 12.3 Å². The van der Waals surface area contributed by atoms with E-state index in [0.717, 1.165) is 29.7 Å². The van der Waals surface area contributed by atoms with Gasteiger partial charge in [-0.1, -0.05) is 60.0 Å². The quantitative estimate of drug-likeness (QED) is 0.481. The zero-order valence-corrected chi connectivity index (χ0v) is 12.7. The molecule has 21 heavy (non-hydrogen) atoms. The smallest absolute Gasteiger partial charge is 0.361 e. The molecule has 0 aliphatic heterocycles. The molecule has 5 heteroatoms. The lowest BCUT2D eigenvalue weighted by atomic mass is 10.1. The molecule has 0 N–H and O–H groups in total. The van der Waals surface area contributed by atoms with Gasteiger partial charge in [-0.15, -0.1) is 5.10 Å². The largest absolute Gasteiger partial charge is 0.448 e. The van der Waals surface area contributed by atoms with Crippen molar-refractivity contribution in [1.29, 1.82) is 0 Å². The van der Waals surface area contributed by atoms with E-state index in [2.05, 4.69) is 28.4 Å². The Balaban J connectivity index is 1.97. The van der Waals surface area contributed by atoms with Crippen LogP contribution in [0.25, 0.3) is 10.4 Å². The Morgan fingerprint density at radius 2 is 2.10 bits per heavy atom. The van der Waals surface area contributed by atoms with Crippen molar-refractivity contribution in [2.75, 3.05) is 6.61 Å². The summed E-state index contributed by atoms with van der Waals surface area (Å²) in [6.07, 6.45) is 3.01. The van der Waals surface area contributed by atoms with Crippen LogP contribution in [0.3, 0.4) is 0 Å². The molecule has 0 radical (unpaired) electrons. The van der Waals surface area contributed by atoms with Gasteiger partial charge in [0.05, 0.1) is 4.88 Å². The number of rotatable bonds is 5. The van der Waals surface area contributed by atoms with Gasteiger partial charge >= 0.3 is 5.97 Å². The molecular formula is C16H16N2O2S. The van der Waals surface area contributed by atoms with Gasteiger partial charge < -0.3 is 4.74 Å². The summed E-state index contributed by atoms with van der Waals surface area (Å²) in [6, 6.07) is 9.56. The topological polar surface area (TPSA) is 52.1 Å². The second-order valence-electron chi connectivity index (χ2n) is 4.35. The molecule has 4 nitrogen and oxygen atoms in total. The number of aromatic nitrogens is 2. The summed E-state index contributed by atoms with van der Waals surface area (Å²) < 4.78 is 8.96. The Labute approximate surface area is 128 Å². The fourth-order valence-corrected chi connectivity index (χ4v) is 2.33. The van der Waals surface area contributed by atoms with Gasteiger partial charge in [-0.25, -0.2) is 4.79 Å². The molecule has 0 amide bonds. The fourth-order valence-electron chi connectivity index (χ4n) is 1.68. The Hall–Kier alpha value is -2.19. The molecule has 0 unspecified atom stereocenters. The van der Waals surface area contributed by atoms with E-state index < -0.39 is 5.97 Å². The molecule has 0 aliphatic rings. The maximum Gasteiger partial charge on any atom is 0.361 e. The number of carbonyl (C=O) groups is 1. The van der Waals surface area contributed by atoms with Gasteiger partial charge in [0.1, 0.15) is 0 Å². The first-order chi connectivity index (χ1) is 10.3. The highest BCUT2D eigenvalue weighted by Gasteiger charge is 2.18. The van der Waals surface area contributed by atoms with Crippen LogP contribution in [0.4, 0.5) is 0 Å². The molecule has 0 bridgehead atoms. The van der Waals surface area contributed by atoms with Gasteiger partial charge in [0.25, 0.3) is 0 Å². The molecule has 1 aromatic carbocycles. The standard InChI is InChI=1S/C16H16N2O2S/c1-2-3-4-5-9-12-20-16(19)14-15(21-18-17-14)13-10-7-6-8-11-13/h6-8,10-11H,2-4,12H2,1H3. The first-order valence-electron chi connectivity index (χ1n) is 6.83. The maximum atomic E-state index is 12.0. The van der Waals surface area contributed by atoms with E-state index in [0.29, 0.717) is 0 Å². The molecule has 2 rings (SSSR count). The van der Waals surface area contributed by atoms with E-state index >= 15 is 0 Å². The highest BCUT2D eigenvalue weighted by atomic mass is 32.1. The van der Waals surface area contributed by atoms with Crippen molar-refractivity contribution in [2.24, 2.45) is 0 Å². The minimum atomic E-state index is -0.479. The number of unbranched alkanes of at least 4 members (excludes halogenated alkanes) is 2. The van der Waals surface area contributed by atoms with Gasteiger partial charge in [-0.05, 0) is 23.5 Å². The van der Waals surface area contributed by atoms with Gasteiger partial charge in [0.2, 0.25) is 0 Å². The minimum Gasteiger partial charge on any atom is -0.448 e. The Kier molecular flexibility index (Phi) is 5.92. The van der Waals surface area contributed by atoms with E-state index in [1.807, 2.05) is 30.3 Å². The number of hydrogen-bond acceptors (Lipinski definition) is 5. The van der Waals surface area contributed by atoms with Gasteiger partial charge in [-0.2, -0.15) is 0 Å². The van der Waals surface area contributed by atoms with E-state index in [1.54, 1.807) is 0 Å². The highest BCUT2D eigenvalue weighted by molar-refractivity contribution is 7.09. The van der Waals surface area contributed by atoms with Gasteiger partial charge in [0, 0.05) is 6.42 Å². The van der Waals surface area contributed by atoms with Crippen molar-refractivity contribution in [1.82, 2.24) is 9.59 Å². The molecule has 2 aromatic rings. The predicted molar refractivity (Wildman–Crippen MR) is 82.9 cm³/mol. The molecule has 0 atom stereocenters. The molecule has 0 saturated heterocycles. The number of esters is 1. The van der Waals surface area contributed by atoms with Crippen LogP contribution in [0.1, 0.15) is 36.7 Å². The number of carbonyl (C=O) groups excluding carboxylic acids is 1. The zero-order valence-electron chi connectivity index (χ0n) is 11.8. The molecule has 1 aromatic heterocycles. The van der Waals surface area contributed by atoms with Crippen molar-refractivity contribution in [3.63, 3.8) is 0 Å². The van der Waals surface area contributed by atoms with Crippen LogP contribution in [-0.4, -0.2) is 22.2 Å². The monoisotopic (exact) mass is 300 g/mol. The lowest BCUT2D eigenvalue weighted by Gasteiger charge is -2.00. The van der Waals surface area contributed by atoms with Crippen LogP contribution in [0.5, 0.6) is 0 Å². The molecule has 1 heterocycles. The third kappa shape index (κ3) is 4.40. The highest BCUT2D eigenvalue weighted by Crippen LogP contribution is 2.26. The third-order valence-electron chi connectivity index (χ3n) is 2.77. The minimum absolute atomic E-state index is 0.0916. The Morgan fingerprint density at radius 1 is 1.29 bits per heavy atom. The summed E-state index contributed by atoms with van der Waals surface area (Å²) in [6.45, 7) is 2.20. The number of ether oxygens (including phenoxy) is 1. The first-order valence-corrected chi connectivity index (χ1v) is 7.61. The molecule has 108 valence electrons. The molecule has 0 spiro atoms. The van der Waals surface area contributed by atoms with Crippen LogP contribution in [0.15, 0.2) is 30.3 Å². The SMILES string of the molecule is CCCCC#CCOC(=O)c1nnsc1-c1ccccc1. The number of nitrogens with zero attached hydrogens (tertiary/aromatic N) is 2. The lowest BCUT2D eigenvalue weighted by Crippen LogP contribution is -2.07. The Morgan fingerprint density at radius 3 is 2.86 bits per heavy atom. The lowest BCUT2D eigenvalue weighted by molar-refractivity contribution is 0.0550. The van der Waals surface area contributed by atoms with Crippen molar-refractivity contribution >= 4 is 17.5 Å². The predicted octanol–water partition coefficient (Wildman–Crippen LogP) is 3.56. The Bertz CT molecular complexity index is 641. The van der Waals surface area contributed by atoms with E-state index in [1.165, 1.54) is 11.5 Å². The number of hydrogen-bond donors (Lipinski definition) is 0. The molecule has 0 aliphatic carbocycles. The van der Waals surface area contributed by atoms with Gasteiger partial charge in [-0.3, -0.25) is 0 Å². The third-order valence-corrected chi connectivity index (χ3v) is 3.55. The van der Waals surface area contributed by atoms with Crippen LogP contribution in [0.2, 0.25) is 0 Å². The van der Waals surface area contributed by atoms with Crippen molar-refractivity contribution in [2.45, 2.75) is 26.2 Å². The maximum absolute atomic E-state index is 12.0. The van der Waals surface area contributed by atoms with E-state index in [9.17, 15) is 4.79 Å². The molecular weight excluding hydrogens is 284 g/mol. The second kappa shape index (κ2) is 8.18. The molecule has 0 fully saturated rings. The van der Waals surface area contributed by atoms with Crippen LogP contribution in [-0.2, 0) is 4.74 Å². The average molecular weight is 300 g/mol. The normalized spacial score (nSPS) is 9.76. The van der Waals surface area contributed by atoms with E-state index in [-0.39, 0.29) is 12.3 Å². The van der Waals surface area contributed by atoms with E-state index in [4.69, 9.17) is 4.74 Å². The summed E-state index contributed by atoms with van der Waals surface area (Å²) in [5, 5.41) is 3.87. The summed E-state index contributed by atoms with van der Waals surface area (Å²) in [4.78, 5) is 12.7. The summed E-state index contributed by atoms with van der Waals surface area (Å²) in [7, 11) is 0. The average Bonchev–Trinajstić information content (AvgIpc) is 3.01. The first kappa shape index (κ1) is 15.2. The zero-order chi connectivity index (χ0) is 14.9. The fraction of sp³-hybridized carbons (Fsp3) is 0.312. The second-order valence-corrected chi connectivity index (χ2v) is 5.10. The van der Waals surface area contributed by atoms with Crippen LogP contribution < -0.4 is 0 Å². The number of benzene rings is 1. The molecule has 0 saturated carbocycles. The van der Waals surface area contributed by atoms with Crippen molar-refractivity contribution in [3.8, 4) is 22.3 Å².